The number of methoxy groups -OCH3 is 2. The fourth-order valence-electron chi connectivity index (χ4n) is 2.46. The number of fused-ring (bicyclic) bond motifs is 1. The third kappa shape index (κ3) is 3.37. The lowest BCUT2D eigenvalue weighted by molar-refractivity contribution is 0.0950. The third-order valence-electron chi connectivity index (χ3n) is 3.71. The van der Waals surface area contributed by atoms with Gasteiger partial charge in [0.25, 0.3) is 5.91 Å². The molecule has 1 aliphatic heterocycles. The number of rotatable bonds is 5. The van der Waals surface area contributed by atoms with Crippen LogP contribution in [0.25, 0.3) is 0 Å². The van der Waals surface area contributed by atoms with E-state index in [4.69, 9.17) is 18.9 Å². The summed E-state index contributed by atoms with van der Waals surface area (Å²) in [5.74, 6) is 2.35. The van der Waals surface area contributed by atoms with Crippen LogP contribution in [0.4, 0.5) is 0 Å². The van der Waals surface area contributed by atoms with Crippen LogP contribution in [0.15, 0.2) is 36.4 Å². The van der Waals surface area contributed by atoms with Crippen LogP contribution >= 0.6 is 0 Å². The van der Waals surface area contributed by atoms with Crippen molar-refractivity contribution in [2.75, 3.05) is 27.4 Å². The summed E-state index contributed by atoms with van der Waals surface area (Å²) in [5.41, 5.74) is 1.44. The summed E-state index contributed by atoms with van der Waals surface area (Å²) in [4.78, 5) is 12.3. The quantitative estimate of drug-likeness (QED) is 0.912. The second-order valence-corrected chi connectivity index (χ2v) is 5.23. The lowest BCUT2D eigenvalue weighted by atomic mass is 10.1. The van der Waals surface area contributed by atoms with Crippen LogP contribution in [-0.2, 0) is 6.54 Å². The topological polar surface area (TPSA) is 66.0 Å². The summed E-state index contributed by atoms with van der Waals surface area (Å²) < 4.78 is 21.4. The molecule has 3 rings (SSSR count). The maximum Gasteiger partial charge on any atom is 0.251 e. The molecule has 0 fully saturated rings. The van der Waals surface area contributed by atoms with Gasteiger partial charge in [0, 0.05) is 12.1 Å². The Morgan fingerprint density at radius 1 is 1.00 bits per heavy atom. The van der Waals surface area contributed by atoms with E-state index in [1.54, 1.807) is 25.3 Å². The van der Waals surface area contributed by atoms with Crippen molar-refractivity contribution in [1.29, 1.82) is 0 Å². The number of benzene rings is 2. The van der Waals surface area contributed by atoms with E-state index in [-0.39, 0.29) is 5.91 Å². The largest absolute Gasteiger partial charge is 0.493 e. The molecule has 0 saturated carbocycles. The molecule has 2 aromatic carbocycles. The minimum atomic E-state index is -0.189. The second kappa shape index (κ2) is 7.12. The summed E-state index contributed by atoms with van der Waals surface area (Å²) in [5, 5.41) is 2.88. The maximum atomic E-state index is 12.3. The van der Waals surface area contributed by atoms with Crippen LogP contribution in [0.1, 0.15) is 15.9 Å². The highest BCUT2D eigenvalue weighted by Gasteiger charge is 2.13. The second-order valence-electron chi connectivity index (χ2n) is 5.23. The van der Waals surface area contributed by atoms with E-state index in [0.717, 1.165) is 11.3 Å². The SMILES string of the molecule is COc1ccc(C(=O)NCc2ccc3c(c2)OCCO3)cc1OC. The molecule has 1 amide bonds. The van der Waals surface area contributed by atoms with Gasteiger partial charge in [0.15, 0.2) is 23.0 Å². The summed E-state index contributed by atoms with van der Waals surface area (Å²) in [7, 11) is 3.09. The molecule has 126 valence electrons. The van der Waals surface area contributed by atoms with Crippen molar-refractivity contribution in [3.8, 4) is 23.0 Å². The molecule has 6 heteroatoms. The first kappa shape index (κ1) is 16.0. The van der Waals surface area contributed by atoms with Gasteiger partial charge in [0.2, 0.25) is 0 Å². The van der Waals surface area contributed by atoms with Gasteiger partial charge in [-0.1, -0.05) is 6.07 Å². The molecule has 24 heavy (non-hydrogen) atoms. The summed E-state index contributed by atoms with van der Waals surface area (Å²) in [6.45, 7) is 1.49. The normalized spacial score (nSPS) is 12.4. The van der Waals surface area contributed by atoms with Crippen molar-refractivity contribution in [2.45, 2.75) is 6.54 Å². The number of hydrogen-bond donors (Lipinski definition) is 1. The number of carbonyl (C=O) groups excluding carboxylic acids is 1. The Kier molecular flexibility index (Phi) is 4.74. The lowest BCUT2D eigenvalue weighted by Crippen LogP contribution is -2.23. The average molecular weight is 329 g/mol. The molecular formula is C18H19NO5. The van der Waals surface area contributed by atoms with Gasteiger partial charge in [0.1, 0.15) is 13.2 Å². The van der Waals surface area contributed by atoms with E-state index in [1.165, 1.54) is 7.11 Å². The zero-order valence-corrected chi connectivity index (χ0v) is 13.6. The minimum Gasteiger partial charge on any atom is -0.493 e. The first-order valence-corrected chi connectivity index (χ1v) is 7.60. The van der Waals surface area contributed by atoms with Gasteiger partial charge in [-0.2, -0.15) is 0 Å². The van der Waals surface area contributed by atoms with E-state index >= 15 is 0 Å². The number of amides is 1. The maximum absolute atomic E-state index is 12.3. The van der Waals surface area contributed by atoms with Gasteiger partial charge in [-0.05, 0) is 35.9 Å². The van der Waals surface area contributed by atoms with Crippen LogP contribution in [-0.4, -0.2) is 33.3 Å². The smallest absolute Gasteiger partial charge is 0.251 e. The van der Waals surface area contributed by atoms with E-state index in [9.17, 15) is 4.79 Å². The van der Waals surface area contributed by atoms with Crippen molar-refractivity contribution >= 4 is 5.91 Å². The van der Waals surface area contributed by atoms with Crippen LogP contribution in [0.2, 0.25) is 0 Å². The molecule has 2 aromatic rings. The zero-order valence-electron chi connectivity index (χ0n) is 13.6. The molecule has 6 nitrogen and oxygen atoms in total. The predicted molar refractivity (Wildman–Crippen MR) is 88.1 cm³/mol. The number of nitrogens with one attached hydrogen (secondary N) is 1. The first-order chi connectivity index (χ1) is 11.7. The van der Waals surface area contributed by atoms with E-state index in [0.29, 0.717) is 42.6 Å². The summed E-state index contributed by atoms with van der Waals surface area (Å²) in [6, 6.07) is 10.7. The Balaban J connectivity index is 1.67. The molecule has 0 radical (unpaired) electrons. The van der Waals surface area contributed by atoms with E-state index in [1.807, 2.05) is 18.2 Å². The van der Waals surface area contributed by atoms with Crippen molar-refractivity contribution in [1.82, 2.24) is 5.32 Å². The van der Waals surface area contributed by atoms with Gasteiger partial charge in [-0.25, -0.2) is 0 Å². The number of hydrogen-bond acceptors (Lipinski definition) is 5. The van der Waals surface area contributed by atoms with Gasteiger partial charge >= 0.3 is 0 Å². The van der Waals surface area contributed by atoms with Gasteiger partial charge in [-0.15, -0.1) is 0 Å². The molecule has 0 aromatic heterocycles. The molecule has 0 unspecified atom stereocenters. The Bertz CT molecular complexity index is 744. The minimum absolute atomic E-state index is 0.189. The Labute approximate surface area is 140 Å². The summed E-state index contributed by atoms with van der Waals surface area (Å²) >= 11 is 0. The van der Waals surface area contributed by atoms with Gasteiger partial charge in [0.05, 0.1) is 14.2 Å². The average Bonchev–Trinajstić information content (AvgIpc) is 2.65. The number of ether oxygens (including phenoxy) is 4. The third-order valence-corrected chi connectivity index (χ3v) is 3.71. The fourth-order valence-corrected chi connectivity index (χ4v) is 2.46. The number of carbonyl (C=O) groups is 1. The zero-order chi connectivity index (χ0) is 16.9. The van der Waals surface area contributed by atoms with E-state index in [2.05, 4.69) is 5.32 Å². The molecule has 0 saturated heterocycles. The van der Waals surface area contributed by atoms with Crippen LogP contribution < -0.4 is 24.3 Å². The van der Waals surface area contributed by atoms with Gasteiger partial charge in [-0.3, -0.25) is 4.79 Å². The first-order valence-electron chi connectivity index (χ1n) is 7.60. The Morgan fingerprint density at radius 3 is 2.50 bits per heavy atom. The lowest BCUT2D eigenvalue weighted by Gasteiger charge is -2.19. The van der Waals surface area contributed by atoms with Crippen molar-refractivity contribution < 1.29 is 23.7 Å². The highest BCUT2D eigenvalue weighted by atomic mass is 16.6. The summed E-state index contributed by atoms with van der Waals surface area (Å²) in [6.07, 6.45) is 0. The Morgan fingerprint density at radius 2 is 1.75 bits per heavy atom. The molecule has 0 aliphatic carbocycles. The molecule has 0 atom stereocenters. The molecule has 1 aliphatic rings. The van der Waals surface area contributed by atoms with Crippen LogP contribution in [0.3, 0.4) is 0 Å². The standard InChI is InChI=1S/C18H19NO5/c1-21-14-6-4-13(10-16(14)22-2)18(20)19-11-12-3-5-15-17(9-12)24-8-7-23-15/h3-6,9-10H,7-8,11H2,1-2H3,(H,19,20). The Hall–Kier alpha value is -2.89. The van der Waals surface area contributed by atoms with Crippen molar-refractivity contribution in [2.24, 2.45) is 0 Å². The van der Waals surface area contributed by atoms with Crippen molar-refractivity contribution in [3.05, 3.63) is 47.5 Å². The molecule has 0 bridgehead atoms. The van der Waals surface area contributed by atoms with Crippen LogP contribution in [0, 0.1) is 0 Å². The molecule has 1 heterocycles. The molecule has 1 N–H and O–H groups in total. The predicted octanol–water partition coefficient (Wildman–Crippen LogP) is 2.41. The monoisotopic (exact) mass is 329 g/mol. The molecule has 0 spiro atoms. The van der Waals surface area contributed by atoms with Crippen LogP contribution in [0.5, 0.6) is 23.0 Å². The van der Waals surface area contributed by atoms with Gasteiger partial charge < -0.3 is 24.3 Å². The van der Waals surface area contributed by atoms with E-state index < -0.39 is 0 Å². The highest BCUT2D eigenvalue weighted by molar-refractivity contribution is 5.94. The van der Waals surface area contributed by atoms with Crippen molar-refractivity contribution in [3.63, 3.8) is 0 Å². The fraction of sp³-hybridized carbons (Fsp3) is 0.278. The molecular weight excluding hydrogens is 310 g/mol. The highest BCUT2D eigenvalue weighted by Crippen LogP contribution is 2.31.